The number of rotatable bonds is 4. The lowest BCUT2D eigenvalue weighted by atomic mass is 10.1. The lowest BCUT2D eigenvalue weighted by molar-refractivity contribution is 0.218. The van der Waals surface area contributed by atoms with E-state index in [1.807, 2.05) is 6.07 Å². The van der Waals surface area contributed by atoms with Crippen molar-refractivity contribution in [3.63, 3.8) is 0 Å². The Morgan fingerprint density at radius 3 is 2.44 bits per heavy atom. The van der Waals surface area contributed by atoms with E-state index in [0.717, 1.165) is 5.75 Å². The zero-order valence-corrected chi connectivity index (χ0v) is 11.9. The molecule has 0 aliphatic heterocycles. The van der Waals surface area contributed by atoms with Gasteiger partial charge in [-0.1, -0.05) is 6.07 Å². The topological polar surface area (TPSA) is 35.2 Å². The van der Waals surface area contributed by atoms with Crippen LogP contribution in [-0.2, 0) is 0 Å². The second-order valence-electron chi connectivity index (χ2n) is 4.54. The second-order valence-corrected chi connectivity index (χ2v) is 5.86. The highest BCUT2D eigenvalue weighted by Crippen LogP contribution is 2.27. The molecule has 0 fully saturated rings. The zero-order chi connectivity index (χ0) is 13.1. The number of nitrogens with two attached hydrogens (primary N) is 1. The van der Waals surface area contributed by atoms with Gasteiger partial charge >= 0.3 is 0 Å². The lowest BCUT2D eigenvalue weighted by Crippen LogP contribution is -2.17. The van der Waals surface area contributed by atoms with Crippen molar-refractivity contribution in [1.29, 1.82) is 0 Å². The van der Waals surface area contributed by atoms with E-state index in [0.29, 0.717) is 6.54 Å². The van der Waals surface area contributed by atoms with Crippen LogP contribution in [0, 0.1) is 20.8 Å². The predicted octanol–water partition coefficient (Wildman–Crippen LogP) is 3.75. The maximum atomic E-state index is 5.98. The van der Waals surface area contributed by atoms with Crippen molar-refractivity contribution in [2.45, 2.75) is 26.9 Å². The molecule has 1 aromatic heterocycles. The molecule has 96 valence electrons. The Morgan fingerprint density at radius 1 is 1.11 bits per heavy atom. The van der Waals surface area contributed by atoms with Crippen LogP contribution in [-0.4, -0.2) is 6.54 Å². The summed E-state index contributed by atoms with van der Waals surface area (Å²) in [4.78, 5) is 2.47. The van der Waals surface area contributed by atoms with Gasteiger partial charge in [-0.3, -0.25) is 0 Å². The third-order valence-electron chi connectivity index (χ3n) is 3.05. The summed E-state index contributed by atoms with van der Waals surface area (Å²) in [7, 11) is 0. The first-order valence-electron chi connectivity index (χ1n) is 6.10. The first kappa shape index (κ1) is 13.1. The maximum Gasteiger partial charge on any atom is 0.145 e. The first-order valence-corrected chi connectivity index (χ1v) is 6.92. The molecule has 0 radical (unpaired) electrons. The molecule has 1 unspecified atom stereocenters. The van der Waals surface area contributed by atoms with E-state index in [9.17, 15) is 0 Å². The van der Waals surface area contributed by atoms with E-state index in [4.69, 9.17) is 10.5 Å². The molecule has 18 heavy (non-hydrogen) atoms. The molecule has 0 amide bonds. The van der Waals surface area contributed by atoms with Crippen LogP contribution < -0.4 is 10.5 Å². The molecule has 1 atom stereocenters. The maximum absolute atomic E-state index is 5.98. The third-order valence-corrected chi connectivity index (χ3v) is 4.14. The van der Waals surface area contributed by atoms with Gasteiger partial charge in [-0.2, -0.15) is 0 Å². The molecule has 0 aliphatic rings. The van der Waals surface area contributed by atoms with Gasteiger partial charge in [-0.05, 0) is 56.2 Å². The molecule has 0 spiro atoms. The largest absolute Gasteiger partial charge is 0.484 e. The molecule has 0 saturated carbocycles. The molecule has 0 bridgehead atoms. The Morgan fingerprint density at radius 2 is 1.89 bits per heavy atom. The Kier molecular flexibility index (Phi) is 4.04. The van der Waals surface area contributed by atoms with E-state index < -0.39 is 0 Å². The fourth-order valence-corrected chi connectivity index (χ4v) is 2.72. The summed E-state index contributed by atoms with van der Waals surface area (Å²) in [6.45, 7) is 6.78. The van der Waals surface area contributed by atoms with E-state index >= 15 is 0 Å². The molecule has 2 nitrogen and oxygen atoms in total. The molecule has 1 heterocycles. The smallest absolute Gasteiger partial charge is 0.145 e. The molecule has 2 rings (SSSR count). The van der Waals surface area contributed by atoms with Crippen molar-refractivity contribution < 1.29 is 4.74 Å². The van der Waals surface area contributed by atoms with Crippen molar-refractivity contribution in [2.75, 3.05) is 6.54 Å². The summed E-state index contributed by atoms with van der Waals surface area (Å²) in [6.07, 6.45) is -0.0502. The van der Waals surface area contributed by atoms with Crippen molar-refractivity contribution in [1.82, 2.24) is 0 Å². The SMILES string of the molecule is Cc1ccc(C(CN)Oc2ccc(C)c(C)c2)s1. The van der Waals surface area contributed by atoms with Crippen LogP contribution in [0.15, 0.2) is 30.3 Å². The summed E-state index contributed by atoms with van der Waals surface area (Å²) < 4.78 is 5.98. The molecule has 3 heteroatoms. The van der Waals surface area contributed by atoms with Crippen LogP contribution in [0.2, 0.25) is 0 Å². The number of hydrogen-bond donors (Lipinski definition) is 1. The quantitative estimate of drug-likeness (QED) is 0.909. The molecule has 1 aromatic carbocycles. The Balaban J connectivity index is 2.17. The highest BCUT2D eigenvalue weighted by atomic mass is 32.1. The average Bonchev–Trinajstić information content (AvgIpc) is 2.77. The minimum Gasteiger partial charge on any atom is -0.484 e. The van der Waals surface area contributed by atoms with Crippen molar-refractivity contribution in [3.05, 3.63) is 51.2 Å². The van der Waals surface area contributed by atoms with Crippen molar-refractivity contribution in [3.8, 4) is 5.75 Å². The first-order chi connectivity index (χ1) is 8.60. The number of thiophene rings is 1. The van der Waals surface area contributed by atoms with Crippen molar-refractivity contribution >= 4 is 11.3 Å². The molecular formula is C15H19NOS. The van der Waals surface area contributed by atoms with Gasteiger partial charge in [0.15, 0.2) is 0 Å². The summed E-state index contributed by atoms with van der Waals surface area (Å²) in [5, 5.41) is 0. The van der Waals surface area contributed by atoms with Crippen molar-refractivity contribution in [2.24, 2.45) is 5.73 Å². The van der Waals surface area contributed by atoms with Gasteiger partial charge in [0, 0.05) is 16.3 Å². The summed E-state index contributed by atoms with van der Waals surface area (Å²) in [5.41, 5.74) is 8.33. The monoisotopic (exact) mass is 261 g/mol. The zero-order valence-electron chi connectivity index (χ0n) is 11.1. The highest BCUT2D eigenvalue weighted by molar-refractivity contribution is 7.12. The van der Waals surface area contributed by atoms with Gasteiger partial charge < -0.3 is 10.5 Å². The minimum atomic E-state index is -0.0502. The van der Waals surface area contributed by atoms with E-state index in [1.54, 1.807) is 11.3 Å². The fourth-order valence-electron chi connectivity index (χ4n) is 1.80. The molecule has 2 N–H and O–H groups in total. The number of aryl methyl sites for hydroxylation is 3. The van der Waals surface area contributed by atoms with Crippen LogP contribution >= 0.6 is 11.3 Å². The lowest BCUT2D eigenvalue weighted by Gasteiger charge is -2.16. The number of hydrogen-bond acceptors (Lipinski definition) is 3. The van der Waals surface area contributed by atoms with Gasteiger partial charge in [-0.25, -0.2) is 0 Å². The average molecular weight is 261 g/mol. The van der Waals surface area contributed by atoms with Crippen LogP contribution in [0.1, 0.15) is 27.0 Å². The summed E-state index contributed by atoms with van der Waals surface area (Å²) in [6, 6.07) is 10.4. The highest BCUT2D eigenvalue weighted by Gasteiger charge is 2.13. The van der Waals surface area contributed by atoms with Crippen LogP contribution in [0.3, 0.4) is 0 Å². The predicted molar refractivity (Wildman–Crippen MR) is 77.4 cm³/mol. The molecule has 0 aliphatic carbocycles. The van der Waals surface area contributed by atoms with Gasteiger partial charge in [0.25, 0.3) is 0 Å². The van der Waals surface area contributed by atoms with E-state index in [2.05, 4.69) is 45.0 Å². The molecule has 2 aromatic rings. The Bertz CT molecular complexity index is 533. The van der Waals surface area contributed by atoms with Crippen LogP contribution in [0.25, 0.3) is 0 Å². The normalized spacial score (nSPS) is 12.4. The number of ether oxygens (including phenoxy) is 1. The standard InChI is InChI=1S/C15H19NOS/c1-10-4-6-13(8-11(10)2)17-14(9-16)15-7-5-12(3)18-15/h4-8,14H,9,16H2,1-3H3. The Labute approximate surface area is 112 Å². The third kappa shape index (κ3) is 2.92. The van der Waals surface area contributed by atoms with E-state index in [-0.39, 0.29) is 6.10 Å². The minimum absolute atomic E-state index is 0.0502. The van der Waals surface area contributed by atoms with Gasteiger partial charge in [0.2, 0.25) is 0 Å². The van der Waals surface area contributed by atoms with Gasteiger partial charge in [0.1, 0.15) is 11.9 Å². The number of benzene rings is 1. The van der Waals surface area contributed by atoms with Crippen LogP contribution in [0.5, 0.6) is 5.75 Å². The Hall–Kier alpha value is -1.32. The molecule has 0 saturated heterocycles. The van der Waals surface area contributed by atoms with Gasteiger partial charge in [-0.15, -0.1) is 11.3 Å². The summed E-state index contributed by atoms with van der Waals surface area (Å²) in [5.74, 6) is 0.889. The second kappa shape index (κ2) is 5.55. The van der Waals surface area contributed by atoms with E-state index in [1.165, 1.54) is 20.9 Å². The van der Waals surface area contributed by atoms with Crippen LogP contribution in [0.4, 0.5) is 0 Å². The fraction of sp³-hybridized carbons (Fsp3) is 0.333. The van der Waals surface area contributed by atoms with Gasteiger partial charge in [0.05, 0.1) is 0 Å². The summed E-state index contributed by atoms with van der Waals surface area (Å²) >= 11 is 1.74. The molecular weight excluding hydrogens is 242 g/mol.